The van der Waals surface area contributed by atoms with E-state index in [9.17, 15) is 15.5 Å². The Morgan fingerprint density at radius 3 is 2.38 bits per heavy atom. The summed E-state index contributed by atoms with van der Waals surface area (Å²) in [5.74, 6) is 0. The van der Waals surface area contributed by atoms with Gasteiger partial charge in [0.1, 0.15) is 6.07 Å². The fraction of sp³-hybridized carbons (Fsp3) is 0.323. The van der Waals surface area contributed by atoms with Crippen molar-refractivity contribution in [3.63, 3.8) is 0 Å². The predicted octanol–water partition coefficient (Wildman–Crippen LogP) is 5.53. The summed E-state index contributed by atoms with van der Waals surface area (Å²) >= 11 is 12.4. The average molecular weight is 566 g/mol. The maximum atomic E-state index is 11.6. The number of halogens is 2. The van der Waals surface area contributed by atoms with Crippen LogP contribution in [0.5, 0.6) is 0 Å². The topological polar surface area (TPSA) is 74.0 Å². The lowest BCUT2D eigenvalue weighted by Crippen LogP contribution is -2.52. The summed E-state index contributed by atoms with van der Waals surface area (Å²) in [7, 11) is 1.89. The molecule has 8 heteroatoms. The van der Waals surface area contributed by atoms with E-state index >= 15 is 0 Å². The van der Waals surface area contributed by atoms with Gasteiger partial charge in [-0.05, 0) is 53.9 Å². The van der Waals surface area contributed by atoms with Gasteiger partial charge < -0.3 is 20.0 Å². The molecule has 0 bridgehead atoms. The molecular weight excluding hydrogens is 531 g/mol. The minimum atomic E-state index is -1.08. The van der Waals surface area contributed by atoms with Crippen LogP contribution in [0.25, 0.3) is 5.70 Å². The summed E-state index contributed by atoms with van der Waals surface area (Å²) in [6, 6.07) is 23.2. The molecule has 0 aromatic heterocycles. The molecule has 1 aliphatic rings. The van der Waals surface area contributed by atoms with E-state index in [-0.39, 0.29) is 12.6 Å². The van der Waals surface area contributed by atoms with Gasteiger partial charge in [-0.1, -0.05) is 66.2 Å². The van der Waals surface area contributed by atoms with Crippen molar-refractivity contribution < 1.29 is 10.2 Å². The highest BCUT2D eigenvalue weighted by atomic mass is 35.5. The van der Waals surface area contributed by atoms with E-state index < -0.39 is 5.60 Å². The first-order valence-corrected chi connectivity index (χ1v) is 13.7. The third-order valence-electron chi connectivity index (χ3n) is 7.38. The van der Waals surface area contributed by atoms with Crippen LogP contribution in [0.15, 0.2) is 73.3 Å². The zero-order chi connectivity index (χ0) is 28.2. The fourth-order valence-electron chi connectivity index (χ4n) is 5.14. The van der Waals surface area contributed by atoms with Crippen LogP contribution in [0, 0.1) is 11.3 Å². The van der Waals surface area contributed by atoms with Gasteiger partial charge in [-0.3, -0.25) is 4.90 Å². The second-order valence-electron chi connectivity index (χ2n) is 10.2. The molecule has 1 saturated heterocycles. The van der Waals surface area contributed by atoms with Crippen LogP contribution in [-0.4, -0.2) is 66.4 Å². The van der Waals surface area contributed by atoms with E-state index in [0.29, 0.717) is 48.3 Å². The molecule has 6 nitrogen and oxygen atoms in total. The first kappa shape index (κ1) is 28.9. The van der Waals surface area contributed by atoms with Crippen LogP contribution < -0.4 is 4.90 Å². The molecule has 3 aromatic carbocycles. The second-order valence-corrected chi connectivity index (χ2v) is 11.1. The lowest BCUT2D eigenvalue weighted by molar-refractivity contribution is 0.0103. The largest absolute Gasteiger partial charge is 0.395 e. The fourth-order valence-corrected chi connectivity index (χ4v) is 5.44. The molecule has 39 heavy (non-hydrogen) atoms. The number of likely N-dealkylation sites (N-methyl/N-ethyl adjacent to an activating group) is 1. The number of piperazine rings is 1. The Morgan fingerprint density at radius 1 is 1.08 bits per heavy atom. The van der Waals surface area contributed by atoms with E-state index in [2.05, 4.69) is 22.4 Å². The zero-order valence-electron chi connectivity index (χ0n) is 22.3. The van der Waals surface area contributed by atoms with Gasteiger partial charge in [0.2, 0.25) is 0 Å². The highest BCUT2D eigenvalue weighted by molar-refractivity contribution is 6.31. The van der Waals surface area contributed by atoms with E-state index in [4.69, 9.17) is 23.2 Å². The van der Waals surface area contributed by atoms with Crippen molar-refractivity contribution in [3.05, 3.63) is 106 Å². The van der Waals surface area contributed by atoms with E-state index in [1.54, 1.807) is 6.07 Å². The number of nitriles is 1. The van der Waals surface area contributed by atoms with Crippen molar-refractivity contribution in [1.82, 2.24) is 9.80 Å². The average Bonchev–Trinajstić information content (AvgIpc) is 2.93. The van der Waals surface area contributed by atoms with E-state index in [0.717, 1.165) is 28.1 Å². The number of hydrogen-bond donors (Lipinski definition) is 2. The summed E-state index contributed by atoms with van der Waals surface area (Å²) in [6.45, 7) is 9.02. The lowest BCUT2D eigenvalue weighted by atomic mass is 9.92. The monoisotopic (exact) mass is 564 g/mol. The molecule has 2 N–H and O–H groups in total. The molecule has 204 valence electrons. The Morgan fingerprint density at radius 2 is 1.74 bits per heavy atom. The maximum absolute atomic E-state index is 11.6. The minimum absolute atomic E-state index is 0.0483. The maximum Gasteiger partial charge on any atom is 0.101 e. The number of hydrogen-bond acceptors (Lipinski definition) is 6. The van der Waals surface area contributed by atoms with Crippen molar-refractivity contribution in [2.24, 2.45) is 0 Å². The van der Waals surface area contributed by atoms with Crippen LogP contribution in [-0.2, 0) is 5.60 Å². The van der Waals surface area contributed by atoms with Crippen molar-refractivity contribution >= 4 is 34.6 Å². The molecule has 0 amide bonds. The van der Waals surface area contributed by atoms with Gasteiger partial charge in [-0.25, -0.2) is 0 Å². The summed E-state index contributed by atoms with van der Waals surface area (Å²) in [4.78, 5) is 6.41. The number of benzene rings is 3. The molecule has 0 spiro atoms. The summed E-state index contributed by atoms with van der Waals surface area (Å²) in [5, 5.41) is 31.8. The molecule has 4 rings (SSSR count). The van der Waals surface area contributed by atoms with Gasteiger partial charge in [0, 0.05) is 55.5 Å². The third kappa shape index (κ3) is 6.75. The molecule has 2 atom stereocenters. The first-order chi connectivity index (χ1) is 18.6. The molecule has 0 unspecified atom stereocenters. The van der Waals surface area contributed by atoms with Crippen LogP contribution in [0.1, 0.15) is 35.2 Å². The molecule has 1 heterocycles. The second kappa shape index (κ2) is 12.4. The Hall–Kier alpha value is -3.05. The van der Waals surface area contributed by atoms with Gasteiger partial charge in [-0.2, -0.15) is 5.26 Å². The Labute approximate surface area is 240 Å². The highest BCUT2D eigenvalue weighted by Crippen LogP contribution is 2.35. The van der Waals surface area contributed by atoms with E-state index in [1.807, 2.05) is 79.5 Å². The Bertz CT molecular complexity index is 1340. The Balaban J connectivity index is 1.56. The quantitative estimate of drug-likeness (QED) is 0.356. The summed E-state index contributed by atoms with van der Waals surface area (Å²) in [5.41, 5.74) is 3.95. The zero-order valence-corrected chi connectivity index (χ0v) is 23.8. The minimum Gasteiger partial charge on any atom is -0.395 e. The van der Waals surface area contributed by atoms with Crippen LogP contribution in [0.3, 0.4) is 0 Å². The number of aliphatic hydroxyl groups is 2. The number of nitrogens with zero attached hydrogens (tertiary/aromatic N) is 4. The van der Waals surface area contributed by atoms with Gasteiger partial charge in [0.15, 0.2) is 0 Å². The van der Waals surface area contributed by atoms with Crippen molar-refractivity contribution in [1.29, 1.82) is 5.26 Å². The van der Waals surface area contributed by atoms with Crippen molar-refractivity contribution in [2.45, 2.75) is 18.6 Å². The lowest BCUT2D eigenvalue weighted by Gasteiger charge is -2.45. The standard InChI is InChI=1S/C31H34Cl2N4O2/c1-22(35(3)16-17-38)23-4-8-26(9-5-23)31(2,39)21-36-14-15-37(29-13-12-28(33)18-25(29)19-34)30(20-36)24-6-10-27(32)11-7-24/h4-13,18,30,38-39H,1,14-17,20-21H2,2-3H3/t30-,31+/m0/s1. The van der Waals surface area contributed by atoms with Gasteiger partial charge in [0.05, 0.1) is 29.5 Å². The van der Waals surface area contributed by atoms with Crippen molar-refractivity contribution in [2.75, 3.05) is 51.3 Å². The van der Waals surface area contributed by atoms with Gasteiger partial charge in [0.25, 0.3) is 0 Å². The SMILES string of the molecule is C=C(c1ccc([C@](C)(O)CN2CCN(c3ccc(Cl)cc3C#N)[C@H](c3ccc(Cl)cc3)C2)cc1)N(C)CCO. The predicted molar refractivity (Wildman–Crippen MR) is 159 cm³/mol. The first-order valence-electron chi connectivity index (χ1n) is 12.9. The summed E-state index contributed by atoms with van der Waals surface area (Å²) in [6.07, 6.45) is 0. The number of rotatable bonds is 9. The molecule has 1 fully saturated rings. The molecule has 0 saturated carbocycles. The highest BCUT2D eigenvalue weighted by Gasteiger charge is 2.34. The molecular formula is C31H34Cl2N4O2. The molecule has 3 aromatic rings. The van der Waals surface area contributed by atoms with Gasteiger partial charge >= 0.3 is 0 Å². The number of aliphatic hydroxyl groups excluding tert-OH is 1. The van der Waals surface area contributed by atoms with E-state index in [1.165, 1.54) is 0 Å². The number of β-amino-alcohol motifs (C(OH)–C–C–N with tert-alkyl or cyclic N) is 1. The number of anilines is 1. The third-order valence-corrected chi connectivity index (χ3v) is 7.86. The normalized spacial score (nSPS) is 17.4. The van der Waals surface area contributed by atoms with Crippen LogP contribution in [0.4, 0.5) is 5.69 Å². The molecule has 0 aliphatic carbocycles. The Kier molecular flexibility index (Phi) is 9.22. The smallest absolute Gasteiger partial charge is 0.101 e. The van der Waals surface area contributed by atoms with Crippen LogP contribution in [0.2, 0.25) is 10.0 Å². The molecule has 1 aliphatic heterocycles. The summed E-state index contributed by atoms with van der Waals surface area (Å²) < 4.78 is 0. The van der Waals surface area contributed by atoms with Crippen molar-refractivity contribution in [3.8, 4) is 6.07 Å². The molecule has 0 radical (unpaired) electrons. The van der Waals surface area contributed by atoms with Crippen LogP contribution >= 0.6 is 23.2 Å². The van der Waals surface area contributed by atoms with Gasteiger partial charge in [-0.15, -0.1) is 0 Å².